The van der Waals surface area contributed by atoms with Crippen molar-refractivity contribution >= 4 is 21.8 Å². The van der Waals surface area contributed by atoms with Crippen LogP contribution in [0.2, 0.25) is 0 Å². The topological polar surface area (TPSA) is 64.2 Å². The number of carbonyl (C=O) groups excluding carboxylic acids is 1. The quantitative estimate of drug-likeness (QED) is 0.904. The molecular formula is C15H17BrN4O. The van der Waals surface area contributed by atoms with E-state index in [1.165, 1.54) is 0 Å². The molecule has 1 aromatic heterocycles. The molecule has 110 valence electrons. The van der Waals surface area contributed by atoms with Gasteiger partial charge in [0.15, 0.2) is 0 Å². The van der Waals surface area contributed by atoms with Crippen LogP contribution in [0.1, 0.15) is 23.2 Å². The second-order valence-corrected chi connectivity index (χ2v) is 6.22. The standard InChI is InChI=1S/C15H17BrN4O/c16-12-3-5-14(6-4-12)20-9-11(8-18-20)15(21)19-7-1-2-13(17)10-19/h3-6,8-9,13H,1-2,7,10,17H2/t13-/m0/s1. The van der Waals surface area contributed by atoms with E-state index in [0.29, 0.717) is 12.1 Å². The van der Waals surface area contributed by atoms with E-state index in [0.717, 1.165) is 29.5 Å². The summed E-state index contributed by atoms with van der Waals surface area (Å²) in [5.41, 5.74) is 7.46. The number of carbonyl (C=O) groups is 1. The first-order chi connectivity index (χ1) is 10.1. The second kappa shape index (κ2) is 5.99. The first kappa shape index (κ1) is 14.3. The molecule has 1 fully saturated rings. The molecule has 0 aliphatic carbocycles. The molecule has 2 aromatic rings. The Morgan fingerprint density at radius 1 is 1.33 bits per heavy atom. The maximum atomic E-state index is 12.5. The molecule has 1 amide bonds. The van der Waals surface area contributed by atoms with Gasteiger partial charge in [0.2, 0.25) is 0 Å². The van der Waals surface area contributed by atoms with Gasteiger partial charge in [-0.15, -0.1) is 0 Å². The van der Waals surface area contributed by atoms with Gasteiger partial charge >= 0.3 is 0 Å². The van der Waals surface area contributed by atoms with Crippen LogP contribution in [0.25, 0.3) is 5.69 Å². The van der Waals surface area contributed by atoms with Crippen molar-refractivity contribution < 1.29 is 4.79 Å². The van der Waals surface area contributed by atoms with Crippen LogP contribution in [0.4, 0.5) is 0 Å². The van der Waals surface area contributed by atoms with Crippen LogP contribution in [-0.4, -0.2) is 39.7 Å². The third-order valence-corrected chi connectivity index (χ3v) is 4.19. The number of likely N-dealkylation sites (tertiary alicyclic amines) is 1. The Hall–Kier alpha value is -1.66. The minimum atomic E-state index is 0.00788. The van der Waals surface area contributed by atoms with Crippen LogP contribution in [0, 0.1) is 0 Å². The second-order valence-electron chi connectivity index (χ2n) is 5.30. The third kappa shape index (κ3) is 3.16. The van der Waals surface area contributed by atoms with E-state index in [1.807, 2.05) is 29.2 Å². The molecule has 2 N–H and O–H groups in total. The summed E-state index contributed by atoms with van der Waals surface area (Å²) in [5.74, 6) is 0.00788. The van der Waals surface area contributed by atoms with Crippen molar-refractivity contribution in [3.05, 3.63) is 46.7 Å². The molecule has 1 saturated heterocycles. The van der Waals surface area contributed by atoms with Crippen LogP contribution >= 0.6 is 15.9 Å². The number of benzene rings is 1. The van der Waals surface area contributed by atoms with Gasteiger partial charge < -0.3 is 10.6 Å². The lowest BCUT2D eigenvalue weighted by Crippen LogP contribution is -2.45. The van der Waals surface area contributed by atoms with Crippen LogP contribution in [-0.2, 0) is 0 Å². The normalized spacial score (nSPS) is 18.8. The van der Waals surface area contributed by atoms with E-state index in [1.54, 1.807) is 17.1 Å². The van der Waals surface area contributed by atoms with Gasteiger partial charge in [-0.1, -0.05) is 15.9 Å². The van der Waals surface area contributed by atoms with E-state index >= 15 is 0 Å². The zero-order chi connectivity index (χ0) is 14.8. The van der Waals surface area contributed by atoms with Gasteiger partial charge in [0.1, 0.15) is 0 Å². The number of hydrogen-bond acceptors (Lipinski definition) is 3. The van der Waals surface area contributed by atoms with Crippen LogP contribution in [0.3, 0.4) is 0 Å². The smallest absolute Gasteiger partial charge is 0.257 e. The highest BCUT2D eigenvalue weighted by Crippen LogP contribution is 2.16. The van der Waals surface area contributed by atoms with E-state index < -0.39 is 0 Å². The fraction of sp³-hybridized carbons (Fsp3) is 0.333. The van der Waals surface area contributed by atoms with Crippen molar-refractivity contribution in [2.24, 2.45) is 5.73 Å². The molecule has 5 nitrogen and oxygen atoms in total. The van der Waals surface area contributed by atoms with Gasteiger partial charge in [0.25, 0.3) is 5.91 Å². The molecule has 0 unspecified atom stereocenters. The average Bonchev–Trinajstić information content (AvgIpc) is 2.97. The number of halogens is 1. The lowest BCUT2D eigenvalue weighted by Gasteiger charge is -2.30. The summed E-state index contributed by atoms with van der Waals surface area (Å²) in [4.78, 5) is 14.3. The van der Waals surface area contributed by atoms with Gasteiger partial charge in [-0.3, -0.25) is 4.79 Å². The Morgan fingerprint density at radius 3 is 2.81 bits per heavy atom. The predicted octanol–water partition coefficient (Wildman–Crippen LogP) is 2.20. The Morgan fingerprint density at radius 2 is 2.10 bits per heavy atom. The highest BCUT2D eigenvalue weighted by atomic mass is 79.9. The maximum absolute atomic E-state index is 12.5. The Balaban J connectivity index is 1.78. The Bertz CT molecular complexity index is 637. The summed E-state index contributed by atoms with van der Waals surface area (Å²) in [6.07, 6.45) is 5.34. The number of piperidine rings is 1. The van der Waals surface area contributed by atoms with Crippen molar-refractivity contribution in [3.8, 4) is 5.69 Å². The Kier molecular flexibility index (Phi) is 4.07. The zero-order valence-electron chi connectivity index (χ0n) is 11.6. The van der Waals surface area contributed by atoms with Crippen molar-refractivity contribution in [1.82, 2.24) is 14.7 Å². The fourth-order valence-corrected chi connectivity index (χ4v) is 2.81. The lowest BCUT2D eigenvalue weighted by atomic mass is 10.1. The Labute approximate surface area is 131 Å². The summed E-state index contributed by atoms with van der Waals surface area (Å²) >= 11 is 3.40. The number of amides is 1. The molecule has 1 aliphatic rings. The first-order valence-electron chi connectivity index (χ1n) is 6.99. The van der Waals surface area contributed by atoms with Gasteiger partial charge in [-0.05, 0) is 37.1 Å². The molecule has 1 atom stereocenters. The van der Waals surface area contributed by atoms with Crippen molar-refractivity contribution in [3.63, 3.8) is 0 Å². The molecule has 0 saturated carbocycles. The highest BCUT2D eigenvalue weighted by Gasteiger charge is 2.23. The van der Waals surface area contributed by atoms with Crippen molar-refractivity contribution in [2.45, 2.75) is 18.9 Å². The zero-order valence-corrected chi connectivity index (χ0v) is 13.2. The molecular weight excluding hydrogens is 332 g/mol. The first-order valence-corrected chi connectivity index (χ1v) is 7.78. The predicted molar refractivity (Wildman–Crippen MR) is 84.4 cm³/mol. The van der Waals surface area contributed by atoms with Crippen molar-refractivity contribution in [2.75, 3.05) is 13.1 Å². The minimum absolute atomic E-state index is 0.00788. The van der Waals surface area contributed by atoms with E-state index in [4.69, 9.17) is 5.73 Å². The molecule has 0 spiro atoms. The molecule has 6 heteroatoms. The van der Waals surface area contributed by atoms with Crippen LogP contribution in [0.15, 0.2) is 41.1 Å². The summed E-state index contributed by atoms with van der Waals surface area (Å²) in [7, 11) is 0. The lowest BCUT2D eigenvalue weighted by molar-refractivity contribution is 0.0709. The molecule has 1 aromatic carbocycles. The van der Waals surface area contributed by atoms with Crippen LogP contribution in [0.5, 0.6) is 0 Å². The maximum Gasteiger partial charge on any atom is 0.257 e. The van der Waals surface area contributed by atoms with E-state index in [9.17, 15) is 4.79 Å². The SMILES string of the molecule is N[C@H]1CCCN(C(=O)c2cnn(-c3ccc(Br)cc3)c2)C1. The highest BCUT2D eigenvalue weighted by molar-refractivity contribution is 9.10. The number of rotatable bonds is 2. The number of nitrogens with zero attached hydrogens (tertiary/aromatic N) is 3. The molecule has 0 radical (unpaired) electrons. The van der Waals surface area contributed by atoms with Gasteiger partial charge in [0.05, 0.1) is 17.4 Å². The average molecular weight is 349 g/mol. The van der Waals surface area contributed by atoms with E-state index in [-0.39, 0.29) is 11.9 Å². The number of nitrogens with two attached hydrogens (primary N) is 1. The third-order valence-electron chi connectivity index (χ3n) is 3.67. The molecule has 21 heavy (non-hydrogen) atoms. The van der Waals surface area contributed by atoms with Crippen molar-refractivity contribution in [1.29, 1.82) is 0 Å². The minimum Gasteiger partial charge on any atom is -0.337 e. The fourth-order valence-electron chi connectivity index (χ4n) is 2.55. The summed E-state index contributed by atoms with van der Waals surface area (Å²) < 4.78 is 2.72. The summed E-state index contributed by atoms with van der Waals surface area (Å²) in [6, 6.07) is 7.87. The molecule has 2 heterocycles. The largest absolute Gasteiger partial charge is 0.337 e. The van der Waals surface area contributed by atoms with Crippen LogP contribution < -0.4 is 5.73 Å². The van der Waals surface area contributed by atoms with E-state index in [2.05, 4.69) is 21.0 Å². The summed E-state index contributed by atoms with van der Waals surface area (Å²) in [6.45, 7) is 1.40. The van der Waals surface area contributed by atoms with Gasteiger partial charge in [-0.25, -0.2) is 4.68 Å². The number of hydrogen-bond donors (Lipinski definition) is 1. The number of aromatic nitrogens is 2. The molecule has 1 aliphatic heterocycles. The molecule has 3 rings (SSSR count). The van der Waals surface area contributed by atoms with Gasteiger partial charge in [-0.2, -0.15) is 5.10 Å². The molecule has 0 bridgehead atoms. The monoisotopic (exact) mass is 348 g/mol. The van der Waals surface area contributed by atoms with Gasteiger partial charge in [0, 0.05) is 29.8 Å². The summed E-state index contributed by atoms with van der Waals surface area (Å²) in [5, 5.41) is 4.27.